The Kier molecular flexibility index (Phi) is 9.81. The number of nitrogens with one attached hydrogen (secondary N) is 1. The highest BCUT2D eigenvalue weighted by atomic mass is 16.6. The maximum Gasteiger partial charge on any atom is 0.410 e. The Morgan fingerprint density at radius 3 is 2.62 bits per heavy atom. The third kappa shape index (κ3) is 6.99. The van der Waals surface area contributed by atoms with E-state index in [2.05, 4.69) is 15.3 Å². The molecular weight excluding hydrogens is 440 g/mol. The lowest BCUT2D eigenvalue weighted by atomic mass is 9.85. The van der Waals surface area contributed by atoms with Crippen LogP contribution in [0.25, 0.3) is 11.2 Å². The van der Waals surface area contributed by atoms with Crippen molar-refractivity contribution >= 4 is 29.0 Å². The fourth-order valence-electron chi connectivity index (χ4n) is 4.12. The Morgan fingerprint density at radius 2 is 1.91 bits per heavy atom. The molecule has 186 valence electrons. The van der Waals surface area contributed by atoms with Crippen LogP contribution in [0.15, 0.2) is 22.7 Å². The molecule has 34 heavy (non-hydrogen) atoms. The largest absolute Gasteiger partial charge is 0.436 e. The number of hydrogen-bond acceptors (Lipinski definition) is 8. The average molecular weight is 475 g/mol. The average Bonchev–Trinajstić information content (AvgIpc) is 3.33. The van der Waals surface area contributed by atoms with E-state index in [0.717, 1.165) is 25.7 Å². The van der Waals surface area contributed by atoms with E-state index >= 15 is 0 Å². The smallest absolute Gasteiger partial charge is 0.410 e. The number of fused-ring (bicyclic) bond motifs is 1. The number of Topliss-reactive ketones (excluding diaryl/α,β-unsaturated/α-hetero) is 1. The molecule has 1 atom stereocenters. The van der Waals surface area contributed by atoms with Gasteiger partial charge in [0.15, 0.2) is 17.3 Å². The predicted molar refractivity (Wildman–Crippen MR) is 124 cm³/mol. The molecule has 0 radical (unpaired) electrons. The van der Waals surface area contributed by atoms with Gasteiger partial charge in [-0.1, -0.05) is 46.0 Å². The summed E-state index contributed by atoms with van der Waals surface area (Å²) in [6.07, 6.45) is 5.95. The van der Waals surface area contributed by atoms with Crippen molar-refractivity contribution in [2.45, 2.75) is 58.5 Å². The van der Waals surface area contributed by atoms with Gasteiger partial charge in [-0.05, 0) is 24.5 Å². The fraction of sp³-hybridized carbons (Fsp3) is 0.625. The van der Waals surface area contributed by atoms with Gasteiger partial charge in [0.05, 0.1) is 19.8 Å². The van der Waals surface area contributed by atoms with Gasteiger partial charge in [0.25, 0.3) is 11.8 Å². The lowest BCUT2D eigenvalue weighted by Crippen LogP contribution is -2.46. The molecule has 1 saturated heterocycles. The number of ether oxygens (including phenoxy) is 2. The molecule has 0 aromatic carbocycles. The van der Waals surface area contributed by atoms with Crippen LogP contribution in [0, 0.1) is 5.92 Å². The number of nitrogens with zero attached hydrogens (tertiary/aromatic N) is 3. The number of ketones is 1. The van der Waals surface area contributed by atoms with E-state index < -0.39 is 23.9 Å². The van der Waals surface area contributed by atoms with Crippen molar-refractivity contribution in [2.75, 3.05) is 32.8 Å². The summed E-state index contributed by atoms with van der Waals surface area (Å²) >= 11 is 0. The van der Waals surface area contributed by atoms with Crippen LogP contribution in [-0.2, 0) is 14.3 Å². The Morgan fingerprint density at radius 1 is 1.18 bits per heavy atom. The molecule has 3 heterocycles. The molecule has 0 bridgehead atoms. The molecule has 2 aliphatic rings. The van der Waals surface area contributed by atoms with Gasteiger partial charge in [-0.25, -0.2) is 9.78 Å². The van der Waals surface area contributed by atoms with Gasteiger partial charge < -0.3 is 24.1 Å². The Balaban J connectivity index is 0.00000158. The van der Waals surface area contributed by atoms with E-state index in [0.29, 0.717) is 49.9 Å². The molecule has 2 amide bonds. The van der Waals surface area contributed by atoms with Gasteiger partial charge in [-0.2, -0.15) is 4.98 Å². The Bertz CT molecular complexity index is 917. The minimum Gasteiger partial charge on any atom is -0.436 e. The second kappa shape index (κ2) is 13.0. The molecule has 0 spiro atoms. The molecule has 1 aliphatic carbocycles. The van der Waals surface area contributed by atoms with Crippen LogP contribution in [-0.4, -0.2) is 71.6 Å². The Hall–Kier alpha value is -3.01. The first-order valence-electron chi connectivity index (χ1n) is 12.2. The third-order valence-corrected chi connectivity index (χ3v) is 5.90. The van der Waals surface area contributed by atoms with Crippen LogP contribution in [0.3, 0.4) is 0 Å². The highest BCUT2D eigenvalue weighted by molar-refractivity contribution is 5.97. The van der Waals surface area contributed by atoms with E-state index in [1.54, 1.807) is 23.2 Å². The Labute approximate surface area is 199 Å². The van der Waals surface area contributed by atoms with Gasteiger partial charge >= 0.3 is 6.09 Å². The highest BCUT2D eigenvalue weighted by Crippen LogP contribution is 2.28. The fourth-order valence-corrected chi connectivity index (χ4v) is 4.12. The molecule has 4 rings (SSSR count). The summed E-state index contributed by atoms with van der Waals surface area (Å²) in [5, 5.41) is 2.59. The van der Waals surface area contributed by atoms with E-state index in [1.165, 1.54) is 6.42 Å². The van der Waals surface area contributed by atoms with Crippen LogP contribution in [0.4, 0.5) is 4.79 Å². The summed E-state index contributed by atoms with van der Waals surface area (Å²) < 4.78 is 16.3. The van der Waals surface area contributed by atoms with E-state index in [-0.39, 0.29) is 12.4 Å². The summed E-state index contributed by atoms with van der Waals surface area (Å²) in [5.74, 6) is -0.768. The zero-order chi connectivity index (χ0) is 24.3. The summed E-state index contributed by atoms with van der Waals surface area (Å²) in [5.41, 5.74) is 0.730. The third-order valence-electron chi connectivity index (χ3n) is 5.90. The number of rotatable bonds is 7. The van der Waals surface area contributed by atoms with Crippen LogP contribution in [0.5, 0.6) is 0 Å². The minimum absolute atomic E-state index is 0.117. The molecule has 1 aliphatic heterocycles. The first-order valence-corrected chi connectivity index (χ1v) is 12.2. The van der Waals surface area contributed by atoms with Crippen molar-refractivity contribution in [1.29, 1.82) is 0 Å². The molecule has 1 unspecified atom stereocenters. The van der Waals surface area contributed by atoms with Crippen LogP contribution < -0.4 is 5.32 Å². The molecule has 10 heteroatoms. The van der Waals surface area contributed by atoms with Crippen LogP contribution in [0.2, 0.25) is 0 Å². The first kappa shape index (κ1) is 25.6. The summed E-state index contributed by atoms with van der Waals surface area (Å²) in [7, 11) is 0. The van der Waals surface area contributed by atoms with E-state index in [4.69, 9.17) is 13.9 Å². The van der Waals surface area contributed by atoms with Crippen LogP contribution >= 0.6 is 0 Å². The number of carbonyl (C=O) groups excluding carboxylic acids is 3. The number of amides is 2. The minimum atomic E-state index is -0.952. The van der Waals surface area contributed by atoms with Crippen molar-refractivity contribution < 1.29 is 28.3 Å². The zero-order valence-corrected chi connectivity index (χ0v) is 20.0. The normalized spacial score (nSPS) is 17.4. The molecular formula is C24H34N4O6. The number of hydrogen-bond donors (Lipinski definition) is 1. The van der Waals surface area contributed by atoms with E-state index in [1.807, 2.05) is 13.8 Å². The predicted octanol–water partition coefficient (Wildman–Crippen LogP) is 3.36. The number of morpholine rings is 1. The van der Waals surface area contributed by atoms with Crippen molar-refractivity contribution in [3.05, 3.63) is 24.2 Å². The van der Waals surface area contributed by atoms with Gasteiger partial charge in [-0.15, -0.1) is 0 Å². The lowest BCUT2D eigenvalue weighted by molar-refractivity contribution is -0.131. The first-order chi connectivity index (χ1) is 16.6. The highest BCUT2D eigenvalue weighted by Gasteiger charge is 2.30. The zero-order valence-electron chi connectivity index (χ0n) is 20.0. The topological polar surface area (TPSA) is 124 Å². The molecule has 2 aromatic rings. The van der Waals surface area contributed by atoms with Crippen molar-refractivity contribution in [1.82, 2.24) is 20.2 Å². The van der Waals surface area contributed by atoms with E-state index in [9.17, 15) is 14.4 Å². The number of oxazole rings is 1. The summed E-state index contributed by atoms with van der Waals surface area (Å²) in [4.78, 5) is 47.6. The number of carbonyl (C=O) groups is 3. The molecule has 2 fully saturated rings. The van der Waals surface area contributed by atoms with Crippen molar-refractivity contribution in [2.24, 2.45) is 5.92 Å². The standard InChI is InChI=1S/C22H28N4O6.C2H6/c27-16(21-25-19-17(31-21)7-4-8-23-19)14-24-20(28)18(13-15-5-2-1-3-6-15)32-22(29)26-9-11-30-12-10-26;1-2/h4,7-8,15,18H,1-3,5-6,9-14H2,(H,24,28);1-2H3. The number of aromatic nitrogens is 2. The SMILES string of the molecule is CC.O=C(CNC(=O)C(CC1CCCCC1)OC(=O)N1CCOCC1)c1nc2ncccc2o1. The summed E-state index contributed by atoms with van der Waals surface area (Å²) in [6, 6.07) is 3.35. The second-order valence-corrected chi connectivity index (χ2v) is 8.20. The van der Waals surface area contributed by atoms with Gasteiger partial charge in [0, 0.05) is 19.3 Å². The van der Waals surface area contributed by atoms with Gasteiger partial charge in [0.1, 0.15) is 0 Å². The van der Waals surface area contributed by atoms with Crippen molar-refractivity contribution in [3.63, 3.8) is 0 Å². The lowest BCUT2D eigenvalue weighted by Gasteiger charge is -2.30. The van der Waals surface area contributed by atoms with Gasteiger partial charge in [0.2, 0.25) is 5.78 Å². The molecule has 1 N–H and O–H groups in total. The van der Waals surface area contributed by atoms with Crippen LogP contribution in [0.1, 0.15) is 63.1 Å². The maximum absolute atomic E-state index is 12.9. The molecule has 10 nitrogen and oxygen atoms in total. The number of pyridine rings is 1. The monoisotopic (exact) mass is 474 g/mol. The maximum atomic E-state index is 12.9. The molecule has 1 saturated carbocycles. The second-order valence-electron chi connectivity index (χ2n) is 8.20. The van der Waals surface area contributed by atoms with Crippen molar-refractivity contribution in [3.8, 4) is 0 Å². The van der Waals surface area contributed by atoms with Gasteiger partial charge in [-0.3, -0.25) is 9.59 Å². The summed E-state index contributed by atoms with van der Waals surface area (Å²) in [6.45, 7) is 5.45. The molecule has 2 aromatic heterocycles. The quantitative estimate of drug-likeness (QED) is 0.606.